The van der Waals surface area contributed by atoms with Gasteiger partial charge >= 0.3 is 0 Å². The second-order valence-corrected chi connectivity index (χ2v) is 9.74. The molecule has 1 aromatic heterocycles. The predicted molar refractivity (Wildman–Crippen MR) is 130 cm³/mol. The molecule has 0 radical (unpaired) electrons. The molecule has 0 saturated carbocycles. The number of aryl methyl sites for hydroxylation is 1. The van der Waals surface area contributed by atoms with E-state index in [1.54, 1.807) is 24.3 Å². The zero-order valence-electron chi connectivity index (χ0n) is 18.6. The van der Waals surface area contributed by atoms with Gasteiger partial charge in [-0.2, -0.15) is 8.42 Å². The monoisotopic (exact) mass is 523 g/mol. The second kappa shape index (κ2) is 11.7. The molecule has 180 valence electrons. The van der Waals surface area contributed by atoms with Crippen LogP contribution in [0, 0.1) is 6.92 Å². The Morgan fingerprint density at radius 1 is 0.941 bits per heavy atom. The summed E-state index contributed by atoms with van der Waals surface area (Å²) >= 11 is 12.2. The summed E-state index contributed by atoms with van der Waals surface area (Å²) in [6, 6.07) is 14.2. The fraction of sp³-hybridized carbons (Fsp3) is 0.250. The molecule has 0 amide bonds. The second-order valence-electron chi connectivity index (χ2n) is 7.31. The number of ketones is 1. The van der Waals surface area contributed by atoms with Crippen molar-refractivity contribution in [2.45, 2.75) is 24.7 Å². The largest absolute Gasteiger partial charge is 0.492 e. The highest BCUT2D eigenvalue weighted by molar-refractivity contribution is 7.86. The van der Waals surface area contributed by atoms with E-state index in [-0.39, 0.29) is 33.9 Å². The molecule has 3 rings (SSSR count). The quantitative estimate of drug-likeness (QED) is 0.186. The summed E-state index contributed by atoms with van der Waals surface area (Å²) in [7, 11) is -2.36. The van der Waals surface area contributed by atoms with Crippen LogP contribution in [-0.2, 0) is 14.3 Å². The fourth-order valence-electron chi connectivity index (χ4n) is 2.93. The van der Waals surface area contributed by atoms with Crippen LogP contribution >= 0.6 is 23.2 Å². The zero-order valence-corrected chi connectivity index (χ0v) is 20.9. The zero-order chi connectivity index (χ0) is 24.7. The van der Waals surface area contributed by atoms with Gasteiger partial charge in [-0.05, 0) is 62.2 Å². The Morgan fingerprint density at radius 2 is 1.65 bits per heavy atom. The van der Waals surface area contributed by atoms with Gasteiger partial charge in [0, 0.05) is 5.56 Å². The van der Waals surface area contributed by atoms with Gasteiger partial charge in [0.1, 0.15) is 16.5 Å². The molecule has 1 heterocycles. The predicted octanol–water partition coefficient (Wildman–Crippen LogP) is 5.50. The number of carbonyl (C=O) groups excluding carboxylic acids is 1. The number of aromatic nitrogens is 1. The van der Waals surface area contributed by atoms with E-state index in [0.717, 1.165) is 5.56 Å². The van der Waals surface area contributed by atoms with Gasteiger partial charge < -0.3 is 9.47 Å². The van der Waals surface area contributed by atoms with E-state index < -0.39 is 10.1 Å². The maximum Gasteiger partial charge on any atom is 0.296 e. The Balaban J connectivity index is 1.49. The molecule has 0 N–H and O–H groups in total. The number of pyridine rings is 1. The average molecular weight is 524 g/mol. The van der Waals surface area contributed by atoms with E-state index >= 15 is 0 Å². The third-order valence-electron chi connectivity index (χ3n) is 4.78. The summed E-state index contributed by atoms with van der Waals surface area (Å²) in [4.78, 5) is 16.9. The third kappa shape index (κ3) is 6.70. The Labute approximate surface area is 208 Å². The Morgan fingerprint density at radius 3 is 2.32 bits per heavy atom. The highest BCUT2D eigenvalue weighted by Crippen LogP contribution is 2.28. The molecular weight excluding hydrogens is 501 g/mol. The number of hydrogen-bond donors (Lipinski definition) is 0. The van der Waals surface area contributed by atoms with Crippen molar-refractivity contribution in [3.05, 3.63) is 81.5 Å². The first-order valence-electron chi connectivity index (χ1n) is 10.3. The molecule has 0 unspecified atom stereocenters. The van der Waals surface area contributed by atoms with Crippen LogP contribution in [0.25, 0.3) is 0 Å². The SMILES string of the molecule is COc1nc(C(=O)c2ccc(OCCCCOS(=O)(=O)c3ccc(C)cc3)c(Cl)c2)ccc1Cl. The van der Waals surface area contributed by atoms with Crippen LogP contribution in [0.4, 0.5) is 0 Å². The lowest BCUT2D eigenvalue weighted by atomic mass is 10.1. The van der Waals surface area contributed by atoms with Gasteiger partial charge in [0.25, 0.3) is 10.1 Å². The summed E-state index contributed by atoms with van der Waals surface area (Å²) < 4.78 is 40.1. The van der Waals surface area contributed by atoms with Crippen molar-refractivity contribution in [1.82, 2.24) is 4.98 Å². The molecule has 0 aliphatic carbocycles. The van der Waals surface area contributed by atoms with Crippen LogP contribution in [0.1, 0.15) is 34.5 Å². The first-order chi connectivity index (χ1) is 16.2. The van der Waals surface area contributed by atoms with Gasteiger partial charge in [0.05, 0.1) is 30.2 Å². The Kier molecular flexibility index (Phi) is 8.90. The topological polar surface area (TPSA) is 91.8 Å². The van der Waals surface area contributed by atoms with Gasteiger partial charge in [-0.25, -0.2) is 4.98 Å². The van der Waals surface area contributed by atoms with Gasteiger partial charge in [0.2, 0.25) is 11.7 Å². The van der Waals surface area contributed by atoms with E-state index in [4.69, 9.17) is 36.9 Å². The number of nitrogens with zero attached hydrogens (tertiary/aromatic N) is 1. The maximum absolute atomic E-state index is 12.7. The lowest BCUT2D eigenvalue weighted by Crippen LogP contribution is -2.09. The van der Waals surface area contributed by atoms with Gasteiger partial charge in [-0.1, -0.05) is 40.9 Å². The maximum atomic E-state index is 12.7. The van der Waals surface area contributed by atoms with Crippen molar-refractivity contribution < 1.29 is 26.9 Å². The highest BCUT2D eigenvalue weighted by Gasteiger charge is 2.16. The number of hydrogen-bond acceptors (Lipinski definition) is 7. The van der Waals surface area contributed by atoms with Crippen LogP contribution < -0.4 is 9.47 Å². The number of methoxy groups -OCH3 is 1. The molecule has 0 atom stereocenters. The minimum Gasteiger partial charge on any atom is -0.492 e. The standard InChI is InChI=1S/C24H23Cl2NO6S/c1-16-5-8-18(9-6-16)34(29,30)33-14-4-3-13-32-22-12-7-17(15-20(22)26)23(28)21-11-10-19(25)24(27-21)31-2/h5-12,15H,3-4,13-14H2,1-2H3. The van der Waals surface area contributed by atoms with Crippen molar-refractivity contribution in [2.75, 3.05) is 20.3 Å². The average Bonchev–Trinajstić information content (AvgIpc) is 2.82. The number of carbonyl (C=O) groups is 1. The van der Waals surface area contributed by atoms with Gasteiger partial charge in [-0.3, -0.25) is 8.98 Å². The number of halogens is 2. The Hall–Kier alpha value is -2.65. The molecule has 0 saturated heterocycles. The summed E-state index contributed by atoms with van der Waals surface area (Å²) in [5, 5.41) is 0.573. The van der Waals surface area contributed by atoms with E-state index in [0.29, 0.717) is 35.8 Å². The van der Waals surface area contributed by atoms with Crippen molar-refractivity contribution in [2.24, 2.45) is 0 Å². The fourth-order valence-corrected chi connectivity index (χ4v) is 4.29. The van der Waals surface area contributed by atoms with E-state index in [9.17, 15) is 13.2 Å². The van der Waals surface area contributed by atoms with E-state index in [1.165, 1.54) is 37.4 Å². The molecule has 0 aliphatic heterocycles. The van der Waals surface area contributed by atoms with Crippen LogP contribution in [-0.4, -0.2) is 39.5 Å². The number of benzene rings is 2. The molecule has 0 spiro atoms. The molecule has 0 bridgehead atoms. The first-order valence-corrected chi connectivity index (χ1v) is 12.5. The molecule has 10 heteroatoms. The summed E-state index contributed by atoms with van der Waals surface area (Å²) in [5.74, 6) is 0.234. The van der Waals surface area contributed by atoms with Crippen molar-refractivity contribution in [3.8, 4) is 11.6 Å². The number of ether oxygens (including phenoxy) is 2. The van der Waals surface area contributed by atoms with Gasteiger partial charge in [0.15, 0.2) is 0 Å². The minimum atomic E-state index is -3.78. The lowest BCUT2D eigenvalue weighted by Gasteiger charge is -2.10. The molecule has 3 aromatic rings. The lowest BCUT2D eigenvalue weighted by molar-refractivity contribution is 0.103. The normalized spacial score (nSPS) is 11.3. The van der Waals surface area contributed by atoms with Crippen LogP contribution in [0.5, 0.6) is 11.6 Å². The Bertz CT molecular complexity index is 1260. The van der Waals surface area contributed by atoms with Crippen molar-refractivity contribution in [1.29, 1.82) is 0 Å². The van der Waals surface area contributed by atoms with Crippen molar-refractivity contribution >= 4 is 39.1 Å². The molecule has 0 aliphatic rings. The van der Waals surface area contributed by atoms with Gasteiger partial charge in [-0.15, -0.1) is 0 Å². The third-order valence-corrected chi connectivity index (χ3v) is 6.69. The minimum absolute atomic E-state index is 0.0400. The first kappa shape index (κ1) is 26.0. The smallest absolute Gasteiger partial charge is 0.296 e. The summed E-state index contributed by atoms with van der Waals surface area (Å²) in [5.41, 5.74) is 1.48. The van der Waals surface area contributed by atoms with Crippen LogP contribution in [0.2, 0.25) is 10.0 Å². The molecule has 2 aromatic carbocycles. The van der Waals surface area contributed by atoms with Crippen LogP contribution in [0.15, 0.2) is 59.5 Å². The number of unbranched alkanes of at least 4 members (excludes halogenated alkanes) is 1. The molecule has 0 fully saturated rings. The highest BCUT2D eigenvalue weighted by atomic mass is 35.5. The van der Waals surface area contributed by atoms with Crippen molar-refractivity contribution in [3.63, 3.8) is 0 Å². The van der Waals surface area contributed by atoms with E-state index in [2.05, 4.69) is 4.98 Å². The van der Waals surface area contributed by atoms with E-state index in [1.807, 2.05) is 6.92 Å². The summed E-state index contributed by atoms with van der Waals surface area (Å²) in [6.45, 7) is 2.22. The summed E-state index contributed by atoms with van der Waals surface area (Å²) in [6.07, 6.45) is 1.03. The molecule has 34 heavy (non-hydrogen) atoms. The molecular formula is C24H23Cl2NO6S. The number of rotatable bonds is 11. The van der Waals surface area contributed by atoms with Crippen LogP contribution in [0.3, 0.4) is 0 Å². The molecule has 7 nitrogen and oxygen atoms in total.